The predicted octanol–water partition coefficient (Wildman–Crippen LogP) is 9.52. The summed E-state index contributed by atoms with van der Waals surface area (Å²) in [6, 6.07) is 49.3. The summed E-state index contributed by atoms with van der Waals surface area (Å²) in [4.78, 5) is 14.9. The molecule has 1 atom stereocenters. The van der Waals surface area contributed by atoms with Crippen molar-refractivity contribution in [3.63, 3.8) is 0 Å². The summed E-state index contributed by atoms with van der Waals surface area (Å²) >= 11 is 1.76. The first-order valence-electron chi connectivity index (χ1n) is 16.1. The van der Waals surface area contributed by atoms with E-state index in [1.807, 2.05) is 91.0 Å². The van der Waals surface area contributed by atoms with Crippen molar-refractivity contribution in [1.29, 1.82) is 0 Å². The number of rotatable bonds is 4. The highest BCUT2D eigenvalue weighted by Gasteiger charge is 2.45. The lowest BCUT2D eigenvalue weighted by Crippen LogP contribution is -2.42. The number of hydrogen-bond donors (Lipinski definition) is 0. The Kier molecular flexibility index (Phi) is 6.59. The minimum absolute atomic E-state index is 0.396. The number of nitrogens with zero attached hydrogens (tertiary/aromatic N) is 3. The predicted molar refractivity (Wildman–Crippen MR) is 201 cm³/mol. The first-order valence-corrected chi connectivity index (χ1v) is 18.6. The van der Waals surface area contributed by atoms with Crippen LogP contribution >= 0.6 is 18.5 Å². The van der Waals surface area contributed by atoms with Crippen molar-refractivity contribution in [3.8, 4) is 34.2 Å². The standard InChI is InChI=1S/C42H30N3OPS/c1-42(2)33-23-22-29(41-44-39(27-14-6-3-7-15-27)43-40(45-41)28-16-8-4-9-17-28)24-35(33)47(46,30-18-10-5-11-19-30)36-26-38-32(25-34(36)42)31-20-12-13-21-37(31)48-38/h3-26H,1-2H3. The van der Waals surface area contributed by atoms with Gasteiger partial charge in [-0.25, -0.2) is 15.0 Å². The minimum Gasteiger partial charge on any atom is -0.309 e. The fraction of sp³-hybridized carbons (Fsp3) is 0.0714. The molecule has 1 aliphatic heterocycles. The van der Waals surface area contributed by atoms with E-state index in [0.717, 1.165) is 48.4 Å². The third-order valence-electron chi connectivity index (χ3n) is 9.60. The minimum atomic E-state index is -3.32. The van der Waals surface area contributed by atoms with Crippen LogP contribution in [0.15, 0.2) is 146 Å². The van der Waals surface area contributed by atoms with Crippen molar-refractivity contribution in [2.45, 2.75) is 19.3 Å². The van der Waals surface area contributed by atoms with Crippen molar-refractivity contribution in [3.05, 3.63) is 157 Å². The van der Waals surface area contributed by atoms with E-state index >= 15 is 4.57 Å². The van der Waals surface area contributed by atoms with Gasteiger partial charge in [-0.2, -0.15) is 0 Å². The Morgan fingerprint density at radius 1 is 0.500 bits per heavy atom. The Morgan fingerprint density at radius 2 is 1.04 bits per heavy atom. The Morgan fingerprint density at radius 3 is 1.69 bits per heavy atom. The van der Waals surface area contributed by atoms with Gasteiger partial charge in [-0.05, 0) is 35.4 Å². The van der Waals surface area contributed by atoms with Gasteiger partial charge in [-0.3, -0.25) is 0 Å². The highest BCUT2D eigenvalue weighted by Crippen LogP contribution is 2.54. The summed E-state index contributed by atoms with van der Waals surface area (Å²) in [5.74, 6) is 1.75. The Bertz CT molecular complexity index is 2500. The first kappa shape index (κ1) is 29.0. The average Bonchev–Trinajstić information content (AvgIpc) is 3.52. The average molecular weight is 656 g/mol. The Hall–Kier alpha value is -5.22. The molecule has 0 fully saturated rings. The van der Waals surface area contributed by atoms with Crippen LogP contribution in [0.1, 0.15) is 25.0 Å². The molecule has 48 heavy (non-hydrogen) atoms. The maximum Gasteiger partial charge on any atom is 0.171 e. The van der Waals surface area contributed by atoms with E-state index in [1.165, 1.54) is 15.5 Å². The Labute approximate surface area is 283 Å². The molecule has 6 heteroatoms. The zero-order chi connectivity index (χ0) is 32.5. The molecule has 0 radical (unpaired) electrons. The van der Waals surface area contributed by atoms with Crippen LogP contribution in [0.25, 0.3) is 54.3 Å². The number of aromatic nitrogens is 3. The smallest absolute Gasteiger partial charge is 0.171 e. The molecule has 3 heterocycles. The number of benzene rings is 6. The molecule has 0 saturated heterocycles. The van der Waals surface area contributed by atoms with Crippen molar-refractivity contribution in [2.75, 3.05) is 0 Å². The van der Waals surface area contributed by atoms with E-state index in [1.54, 1.807) is 11.3 Å². The van der Waals surface area contributed by atoms with Gasteiger partial charge >= 0.3 is 0 Å². The van der Waals surface area contributed by atoms with E-state index in [4.69, 9.17) is 15.0 Å². The summed E-state index contributed by atoms with van der Waals surface area (Å²) in [5.41, 5.74) is 4.41. The van der Waals surface area contributed by atoms with Gasteiger partial charge in [0.2, 0.25) is 0 Å². The van der Waals surface area contributed by atoms with Gasteiger partial charge in [0.1, 0.15) is 0 Å². The Balaban J connectivity index is 1.31. The number of hydrogen-bond acceptors (Lipinski definition) is 5. The molecule has 0 N–H and O–H groups in total. The van der Waals surface area contributed by atoms with E-state index < -0.39 is 12.6 Å². The van der Waals surface area contributed by atoms with E-state index in [-0.39, 0.29) is 0 Å². The normalized spacial score (nSPS) is 16.5. The highest BCUT2D eigenvalue weighted by molar-refractivity contribution is 7.85. The van der Waals surface area contributed by atoms with Gasteiger partial charge in [-0.15, -0.1) is 11.3 Å². The topological polar surface area (TPSA) is 55.7 Å². The maximum atomic E-state index is 16.1. The molecule has 0 aliphatic carbocycles. The van der Waals surface area contributed by atoms with Crippen LogP contribution in [0, 0.1) is 0 Å². The van der Waals surface area contributed by atoms with Crippen LogP contribution < -0.4 is 15.9 Å². The molecule has 6 aromatic carbocycles. The lowest BCUT2D eigenvalue weighted by molar-refractivity contribution is 0.586. The van der Waals surface area contributed by atoms with Crippen LogP contribution in [0.3, 0.4) is 0 Å². The van der Waals surface area contributed by atoms with E-state index in [9.17, 15) is 0 Å². The molecule has 2 aromatic heterocycles. The van der Waals surface area contributed by atoms with Gasteiger partial charge in [-0.1, -0.05) is 135 Å². The van der Waals surface area contributed by atoms with Crippen LogP contribution in [0.2, 0.25) is 0 Å². The summed E-state index contributed by atoms with van der Waals surface area (Å²) < 4.78 is 18.5. The van der Waals surface area contributed by atoms with Crippen molar-refractivity contribution < 1.29 is 4.57 Å². The first-order chi connectivity index (χ1) is 23.4. The van der Waals surface area contributed by atoms with Crippen LogP contribution in [0.5, 0.6) is 0 Å². The molecule has 1 unspecified atom stereocenters. The van der Waals surface area contributed by atoms with Gasteiger partial charge in [0, 0.05) is 58.2 Å². The van der Waals surface area contributed by atoms with Gasteiger partial charge in [0.25, 0.3) is 0 Å². The monoisotopic (exact) mass is 655 g/mol. The van der Waals surface area contributed by atoms with Gasteiger partial charge < -0.3 is 4.57 Å². The third-order valence-corrected chi connectivity index (χ3v) is 13.9. The summed E-state index contributed by atoms with van der Waals surface area (Å²) in [6.07, 6.45) is 0. The molecule has 4 nitrogen and oxygen atoms in total. The molecule has 8 aromatic rings. The van der Waals surface area contributed by atoms with Crippen LogP contribution in [-0.4, -0.2) is 15.0 Å². The molecule has 9 rings (SSSR count). The summed E-state index contributed by atoms with van der Waals surface area (Å²) in [6.45, 7) is 4.51. The molecule has 230 valence electrons. The molecule has 0 amide bonds. The zero-order valence-corrected chi connectivity index (χ0v) is 28.2. The molecule has 0 spiro atoms. The largest absolute Gasteiger partial charge is 0.309 e. The second-order valence-electron chi connectivity index (χ2n) is 12.8. The molecule has 0 bridgehead atoms. The zero-order valence-electron chi connectivity index (χ0n) is 26.5. The molecule has 0 saturated carbocycles. The van der Waals surface area contributed by atoms with Crippen LogP contribution in [-0.2, 0) is 9.98 Å². The molecule has 1 aliphatic rings. The highest BCUT2D eigenvalue weighted by atomic mass is 32.1. The van der Waals surface area contributed by atoms with E-state index in [0.29, 0.717) is 17.5 Å². The van der Waals surface area contributed by atoms with Crippen molar-refractivity contribution >= 4 is 54.6 Å². The van der Waals surface area contributed by atoms with Gasteiger partial charge in [0.15, 0.2) is 24.6 Å². The lowest BCUT2D eigenvalue weighted by atomic mass is 9.77. The van der Waals surface area contributed by atoms with Crippen LogP contribution in [0.4, 0.5) is 0 Å². The number of thiophene rings is 1. The van der Waals surface area contributed by atoms with Crippen molar-refractivity contribution in [1.82, 2.24) is 15.0 Å². The quantitative estimate of drug-likeness (QED) is 0.177. The lowest BCUT2D eigenvalue weighted by Gasteiger charge is -2.40. The van der Waals surface area contributed by atoms with Gasteiger partial charge in [0.05, 0.1) is 0 Å². The maximum absolute atomic E-state index is 16.1. The fourth-order valence-electron chi connectivity index (χ4n) is 7.11. The summed E-state index contributed by atoms with van der Waals surface area (Å²) in [7, 11) is -3.32. The number of fused-ring (bicyclic) bond motifs is 5. The second kappa shape index (κ2) is 10.9. The summed E-state index contributed by atoms with van der Waals surface area (Å²) in [5, 5.41) is 5.03. The SMILES string of the molecule is CC1(C)c2ccc(-c3nc(-c4ccccc4)nc(-c4ccccc4)n3)cc2P(=O)(c2ccccc2)c2cc3sc4ccccc4c3cc21. The molecular weight excluding hydrogens is 626 g/mol. The second-order valence-corrected chi connectivity index (χ2v) is 16.6. The third kappa shape index (κ3) is 4.42. The van der Waals surface area contributed by atoms with Crippen molar-refractivity contribution in [2.24, 2.45) is 0 Å². The molecular formula is C42H30N3OPS. The fourth-order valence-corrected chi connectivity index (χ4v) is 11.7. The van der Waals surface area contributed by atoms with E-state index in [2.05, 4.69) is 68.4 Å².